The van der Waals surface area contributed by atoms with Crippen molar-refractivity contribution in [3.05, 3.63) is 109 Å². The fraction of sp³-hybridized carbons (Fsp3) is 0. The molecule has 0 N–H and O–H groups in total. The third-order valence-corrected chi connectivity index (χ3v) is 6.48. The molecule has 3 heterocycles. The van der Waals surface area contributed by atoms with Gasteiger partial charge < -0.3 is 9.47 Å². The van der Waals surface area contributed by atoms with E-state index in [0.717, 1.165) is 61.8 Å². The second-order valence-corrected chi connectivity index (χ2v) is 8.36. The van der Waals surface area contributed by atoms with Crippen LogP contribution in [0.25, 0.3) is 22.4 Å². The van der Waals surface area contributed by atoms with Gasteiger partial charge >= 0.3 is 0 Å². The molecule has 0 bridgehead atoms. The monoisotopic (exact) mass is 423 g/mol. The van der Waals surface area contributed by atoms with Crippen molar-refractivity contribution in [3.8, 4) is 45.4 Å². The summed E-state index contributed by atoms with van der Waals surface area (Å²) in [6.07, 6.45) is 1.86. The molecule has 0 atom stereocenters. The maximum atomic E-state index is 6.55. The molecule has 0 radical (unpaired) electrons. The Morgan fingerprint density at radius 3 is 2.06 bits per heavy atom. The molecule has 0 unspecified atom stereocenters. The van der Waals surface area contributed by atoms with Gasteiger partial charge in [0, 0.05) is 17.2 Å². The van der Waals surface area contributed by atoms with E-state index in [4.69, 9.17) is 14.5 Å². The van der Waals surface area contributed by atoms with Crippen LogP contribution < -0.4 is 25.9 Å². The van der Waals surface area contributed by atoms with Crippen molar-refractivity contribution < 1.29 is 9.47 Å². The molecule has 0 spiro atoms. The van der Waals surface area contributed by atoms with Gasteiger partial charge in [-0.15, -0.1) is 0 Å². The first-order valence-electron chi connectivity index (χ1n) is 11.1. The summed E-state index contributed by atoms with van der Waals surface area (Å²) in [5, 5.41) is 0. The van der Waals surface area contributed by atoms with E-state index >= 15 is 0 Å². The van der Waals surface area contributed by atoms with Crippen LogP contribution in [-0.2, 0) is 0 Å². The zero-order valence-electron chi connectivity index (χ0n) is 17.7. The van der Waals surface area contributed by atoms with E-state index in [2.05, 4.69) is 60.7 Å². The van der Waals surface area contributed by atoms with E-state index < -0.39 is 0 Å². The molecule has 4 heteroatoms. The predicted octanol–water partition coefficient (Wildman–Crippen LogP) is 5.14. The lowest BCUT2D eigenvalue weighted by atomic mass is 9.34. The number of rotatable bonds is 2. The highest BCUT2D eigenvalue weighted by Crippen LogP contribution is 2.40. The number of fused-ring (bicyclic) bond motifs is 4. The molecule has 0 amide bonds. The average Bonchev–Trinajstić information content (AvgIpc) is 2.89. The first-order chi connectivity index (χ1) is 16.4. The fourth-order valence-corrected chi connectivity index (χ4v) is 4.97. The highest BCUT2D eigenvalue weighted by atomic mass is 16.5. The summed E-state index contributed by atoms with van der Waals surface area (Å²) in [4.78, 5) is 4.72. The third kappa shape index (κ3) is 2.81. The maximum absolute atomic E-state index is 6.55. The SMILES string of the molecule is c1ccc(-c2ccnc(-c3ccc4c5c3Oc3ccccc3B5c3ccccc3O4)c2)cc1. The summed E-state index contributed by atoms with van der Waals surface area (Å²) in [6.45, 7) is 0.0576. The van der Waals surface area contributed by atoms with Crippen LogP contribution in [0.1, 0.15) is 0 Å². The Morgan fingerprint density at radius 2 is 1.27 bits per heavy atom. The number of aromatic nitrogens is 1. The Labute approximate surface area is 192 Å². The van der Waals surface area contributed by atoms with Gasteiger partial charge in [-0.1, -0.05) is 66.7 Å². The summed E-state index contributed by atoms with van der Waals surface area (Å²) in [5.74, 6) is 3.44. The van der Waals surface area contributed by atoms with E-state index in [1.165, 1.54) is 0 Å². The Balaban J connectivity index is 1.46. The lowest BCUT2D eigenvalue weighted by Gasteiger charge is -2.33. The molecule has 1 aromatic heterocycles. The van der Waals surface area contributed by atoms with Crippen LogP contribution in [0.2, 0.25) is 0 Å². The normalized spacial score (nSPS) is 12.7. The van der Waals surface area contributed by atoms with Gasteiger partial charge in [-0.2, -0.15) is 0 Å². The van der Waals surface area contributed by atoms with Crippen molar-refractivity contribution in [3.63, 3.8) is 0 Å². The minimum atomic E-state index is 0.0576. The Hall–Kier alpha value is -4.31. The number of pyridine rings is 1. The van der Waals surface area contributed by atoms with Crippen LogP contribution in [0, 0.1) is 0 Å². The Morgan fingerprint density at radius 1 is 0.576 bits per heavy atom. The first-order valence-corrected chi connectivity index (χ1v) is 11.1. The van der Waals surface area contributed by atoms with Crippen molar-refractivity contribution in [1.29, 1.82) is 0 Å². The van der Waals surface area contributed by atoms with Gasteiger partial charge in [0.1, 0.15) is 23.0 Å². The summed E-state index contributed by atoms with van der Waals surface area (Å²) < 4.78 is 12.9. The molecule has 0 fully saturated rings. The lowest BCUT2D eigenvalue weighted by molar-refractivity contribution is 0.465. The van der Waals surface area contributed by atoms with Gasteiger partial charge in [-0.3, -0.25) is 4.98 Å². The Bertz CT molecular complexity index is 1520. The molecule has 5 aromatic rings. The molecule has 2 aliphatic heterocycles. The van der Waals surface area contributed by atoms with Crippen molar-refractivity contribution in [2.24, 2.45) is 0 Å². The van der Waals surface area contributed by atoms with Crippen LogP contribution in [-0.4, -0.2) is 11.7 Å². The molecular weight excluding hydrogens is 405 g/mol. The first kappa shape index (κ1) is 18.3. The third-order valence-electron chi connectivity index (χ3n) is 6.48. The number of para-hydroxylation sites is 2. The summed E-state index contributed by atoms with van der Waals surface area (Å²) in [6, 6.07) is 35.2. The predicted molar refractivity (Wildman–Crippen MR) is 133 cm³/mol. The maximum Gasteiger partial charge on any atom is 0.260 e. The molecule has 2 aliphatic rings. The lowest BCUT2D eigenvalue weighted by Crippen LogP contribution is -2.57. The second-order valence-electron chi connectivity index (χ2n) is 8.36. The van der Waals surface area contributed by atoms with Crippen molar-refractivity contribution >= 4 is 23.1 Å². The molecule has 33 heavy (non-hydrogen) atoms. The average molecular weight is 423 g/mol. The number of ether oxygens (including phenoxy) is 2. The number of hydrogen-bond donors (Lipinski definition) is 0. The van der Waals surface area contributed by atoms with E-state index in [9.17, 15) is 0 Å². The van der Waals surface area contributed by atoms with E-state index in [-0.39, 0.29) is 6.71 Å². The second kappa shape index (κ2) is 7.11. The molecular formula is C29H18BNO2. The topological polar surface area (TPSA) is 31.4 Å². The van der Waals surface area contributed by atoms with Crippen molar-refractivity contribution in [2.45, 2.75) is 0 Å². The Kier molecular flexibility index (Phi) is 3.94. The smallest absolute Gasteiger partial charge is 0.260 e. The van der Waals surface area contributed by atoms with Gasteiger partial charge in [0.2, 0.25) is 0 Å². The van der Waals surface area contributed by atoms with Gasteiger partial charge in [0.25, 0.3) is 6.71 Å². The standard InChI is InChI=1S/C29H18BNO2/c1-2-8-19(9-3-1)20-16-17-31-24(18-20)21-14-15-27-28-29(21)33-26-13-7-5-11-23(26)30(28)22-10-4-6-12-25(22)32-27/h1-18H. The highest BCUT2D eigenvalue weighted by Gasteiger charge is 2.40. The zero-order chi connectivity index (χ0) is 21.8. The van der Waals surface area contributed by atoms with Crippen LogP contribution in [0.4, 0.5) is 0 Å². The fourth-order valence-electron chi connectivity index (χ4n) is 4.97. The van der Waals surface area contributed by atoms with Gasteiger partial charge in [0.05, 0.1) is 5.69 Å². The largest absolute Gasteiger partial charge is 0.458 e. The van der Waals surface area contributed by atoms with Gasteiger partial charge in [-0.05, 0) is 58.5 Å². The summed E-state index contributed by atoms with van der Waals surface area (Å²) in [5.41, 5.74) is 7.52. The number of hydrogen-bond acceptors (Lipinski definition) is 3. The van der Waals surface area contributed by atoms with E-state index in [1.807, 2.05) is 48.7 Å². The molecule has 3 nitrogen and oxygen atoms in total. The van der Waals surface area contributed by atoms with Crippen molar-refractivity contribution in [2.75, 3.05) is 0 Å². The summed E-state index contributed by atoms with van der Waals surface area (Å²) >= 11 is 0. The zero-order valence-corrected chi connectivity index (χ0v) is 17.7. The van der Waals surface area contributed by atoms with Crippen LogP contribution in [0.5, 0.6) is 23.0 Å². The number of benzene rings is 4. The molecule has 7 rings (SSSR count). The quantitative estimate of drug-likeness (QED) is 0.361. The van der Waals surface area contributed by atoms with Crippen LogP contribution in [0.3, 0.4) is 0 Å². The highest BCUT2D eigenvalue weighted by molar-refractivity contribution is 6.98. The minimum Gasteiger partial charge on any atom is -0.458 e. The van der Waals surface area contributed by atoms with E-state index in [0.29, 0.717) is 0 Å². The van der Waals surface area contributed by atoms with Crippen molar-refractivity contribution in [1.82, 2.24) is 4.98 Å². The molecule has 154 valence electrons. The minimum absolute atomic E-state index is 0.0576. The van der Waals surface area contributed by atoms with Crippen LogP contribution >= 0.6 is 0 Å². The molecule has 0 saturated heterocycles. The van der Waals surface area contributed by atoms with E-state index in [1.54, 1.807) is 0 Å². The molecule has 4 aromatic carbocycles. The molecule has 0 saturated carbocycles. The van der Waals surface area contributed by atoms with Gasteiger partial charge in [0.15, 0.2) is 0 Å². The molecule has 0 aliphatic carbocycles. The van der Waals surface area contributed by atoms with Gasteiger partial charge in [-0.25, -0.2) is 0 Å². The van der Waals surface area contributed by atoms with Crippen LogP contribution in [0.15, 0.2) is 109 Å². The number of nitrogens with zero attached hydrogens (tertiary/aromatic N) is 1. The summed E-state index contributed by atoms with van der Waals surface area (Å²) in [7, 11) is 0.